The maximum atomic E-state index is 14.0. The lowest BCUT2D eigenvalue weighted by Gasteiger charge is -2.17. The minimum absolute atomic E-state index is 0.0443. The van der Waals surface area contributed by atoms with E-state index >= 15 is 0 Å². The summed E-state index contributed by atoms with van der Waals surface area (Å²) in [5.74, 6) is -1.53. The zero-order chi connectivity index (χ0) is 15.6. The van der Waals surface area contributed by atoms with Gasteiger partial charge < -0.3 is 5.11 Å². The molecule has 0 radical (unpaired) electrons. The average Bonchev–Trinajstić information content (AvgIpc) is 2.42. The summed E-state index contributed by atoms with van der Waals surface area (Å²) in [6.45, 7) is -0.502. The standard InChI is InChI=1S/C14H10BrClFNO3/c15-8-4-5-13(18(20)21)9(6-8)10(7-19)14-11(16)2-1-3-12(14)17/h1-6,10,19H,7H2. The molecule has 2 aromatic rings. The molecule has 1 N–H and O–H groups in total. The van der Waals surface area contributed by atoms with Crippen LogP contribution in [0.4, 0.5) is 10.1 Å². The van der Waals surface area contributed by atoms with Gasteiger partial charge in [0.15, 0.2) is 0 Å². The van der Waals surface area contributed by atoms with E-state index in [1.54, 1.807) is 0 Å². The Hall–Kier alpha value is -1.50. The van der Waals surface area contributed by atoms with Crippen molar-refractivity contribution in [2.24, 2.45) is 0 Å². The second-order valence-corrected chi connectivity index (χ2v) is 5.65. The largest absolute Gasteiger partial charge is 0.395 e. The summed E-state index contributed by atoms with van der Waals surface area (Å²) in [4.78, 5) is 10.6. The molecule has 2 rings (SSSR count). The van der Waals surface area contributed by atoms with E-state index in [4.69, 9.17) is 11.6 Å². The number of nitrogens with zero attached hydrogens (tertiary/aromatic N) is 1. The summed E-state index contributed by atoms with van der Waals surface area (Å²) in [5.41, 5.74) is 0.0447. The summed E-state index contributed by atoms with van der Waals surface area (Å²) in [7, 11) is 0. The van der Waals surface area contributed by atoms with Crippen LogP contribution < -0.4 is 0 Å². The molecule has 110 valence electrons. The molecule has 4 nitrogen and oxygen atoms in total. The molecule has 0 amide bonds. The molecule has 0 aromatic heterocycles. The number of benzene rings is 2. The molecule has 1 atom stereocenters. The van der Waals surface area contributed by atoms with Crippen molar-refractivity contribution in [3.63, 3.8) is 0 Å². The van der Waals surface area contributed by atoms with E-state index in [1.807, 2.05) is 0 Å². The molecular weight excluding hydrogens is 365 g/mol. The highest BCUT2D eigenvalue weighted by molar-refractivity contribution is 9.10. The Kier molecular flexibility index (Phi) is 4.92. The van der Waals surface area contributed by atoms with Gasteiger partial charge in [0.2, 0.25) is 0 Å². The number of hydrogen-bond acceptors (Lipinski definition) is 3. The molecule has 0 aliphatic rings. The first-order chi connectivity index (χ1) is 9.95. The van der Waals surface area contributed by atoms with E-state index in [1.165, 1.54) is 36.4 Å². The summed E-state index contributed by atoms with van der Waals surface area (Å²) < 4.78 is 14.6. The summed E-state index contributed by atoms with van der Waals surface area (Å²) in [5, 5.41) is 20.9. The van der Waals surface area contributed by atoms with Gasteiger partial charge in [-0.1, -0.05) is 33.6 Å². The molecule has 2 aromatic carbocycles. The van der Waals surface area contributed by atoms with Crippen molar-refractivity contribution in [1.29, 1.82) is 0 Å². The fourth-order valence-electron chi connectivity index (χ4n) is 2.16. The first kappa shape index (κ1) is 15.9. The van der Waals surface area contributed by atoms with Crippen LogP contribution in [0.15, 0.2) is 40.9 Å². The fourth-order valence-corrected chi connectivity index (χ4v) is 2.83. The van der Waals surface area contributed by atoms with E-state index in [2.05, 4.69) is 15.9 Å². The highest BCUT2D eigenvalue weighted by Crippen LogP contribution is 2.37. The third-order valence-electron chi connectivity index (χ3n) is 3.09. The van der Waals surface area contributed by atoms with Crippen molar-refractivity contribution in [3.05, 3.63) is 73.0 Å². The van der Waals surface area contributed by atoms with Crippen molar-refractivity contribution in [2.45, 2.75) is 5.92 Å². The van der Waals surface area contributed by atoms with Crippen LogP contribution in [0, 0.1) is 15.9 Å². The van der Waals surface area contributed by atoms with E-state index in [0.29, 0.717) is 4.47 Å². The van der Waals surface area contributed by atoms with Crippen LogP contribution in [0.5, 0.6) is 0 Å². The molecule has 0 spiro atoms. The smallest absolute Gasteiger partial charge is 0.273 e. The second-order valence-electron chi connectivity index (χ2n) is 4.33. The first-order valence-corrected chi connectivity index (χ1v) is 7.11. The van der Waals surface area contributed by atoms with E-state index < -0.39 is 23.3 Å². The Labute approximate surface area is 133 Å². The topological polar surface area (TPSA) is 63.4 Å². The highest BCUT2D eigenvalue weighted by atomic mass is 79.9. The Balaban J connectivity index is 2.67. The van der Waals surface area contributed by atoms with Gasteiger partial charge in [-0.3, -0.25) is 10.1 Å². The normalized spacial score (nSPS) is 12.2. The van der Waals surface area contributed by atoms with Crippen LogP contribution >= 0.6 is 27.5 Å². The van der Waals surface area contributed by atoms with Gasteiger partial charge in [0.05, 0.1) is 11.5 Å². The van der Waals surface area contributed by atoms with Gasteiger partial charge in [0, 0.05) is 32.6 Å². The van der Waals surface area contributed by atoms with E-state index in [0.717, 1.165) is 0 Å². The van der Waals surface area contributed by atoms with Gasteiger partial charge >= 0.3 is 0 Å². The van der Waals surface area contributed by atoms with Crippen molar-refractivity contribution < 1.29 is 14.4 Å². The molecular formula is C14H10BrClFNO3. The lowest BCUT2D eigenvalue weighted by Crippen LogP contribution is -2.11. The zero-order valence-electron chi connectivity index (χ0n) is 10.6. The maximum Gasteiger partial charge on any atom is 0.273 e. The van der Waals surface area contributed by atoms with Gasteiger partial charge in [0.25, 0.3) is 5.69 Å². The molecule has 0 heterocycles. The van der Waals surface area contributed by atoms with Crippen LogP contribution in [-0.2, 0) is 0 Å². The molecule has 0 saturated heterocycles. The number of nitro benzene ring substituents is 1. The monoisotopic (exact) mass is 373 g/mol. The van der Waals surface area contributed by atoms with Crippen LogP contribution in [0.1, 0.15) is 17.0 Å². The third kappa shape index (κ3) is 3.23. The van der Waals surface area contributed by atoms with Gasteiger partial charge in [-0.25, -0.2) is 4.39 Å². The molecule has 0 fully saturated rings. The SMILES string of the molecule is O=[N+]([O-])c1ccc(Br)cc1C(CO)c1c(F)cccc1Cl. The highest BCUT2D eigenvalue weighted by Gasteiger charge is 2.27. The fraction of sp³-hybridized carbons (Fsp3) is 0.143. The summed E-state index contributed by atoms with van der Waals surface area (Å²) in [6.07, 6.45) is 0. The Morgan fingerprint density at radius 3 is 2.67 bits per heavy atom. The number of hydrogen-bond donors (Lipinski definition) is 1. The molecule has 0 bridgehead atoms. The third-order valence-corrected chi connectivity index (χ3v) is 3.92. The lowest BCUT2D eigenvalue weighted by molar-refractivity contribution is -0.385. The number of rotatable bonds is 4. The van der Waals surface area contributed by atoms with Crippen molar-refractivity contribution >= 4 is 33.2 Å². The molecule has 1 unspecified atom stereocenters. The second kappa shape index (κ2) is 6.51. The average molecular weight is 375 g/mol. The Morgan fingerprint density at radius 1 is 1.38 bits per heavy atom. The van der Waals surface area contributed by atoms with Crippen LogP contribution in [-0.4, -0.2) is 16.6 Å². The van der Waals surface area contributed by atoms with Crippen LogP contribution in [0.2, 0.25) is 5.02 Å². The molecule has 7 heteroatoms. The van der Waals surface area contributed by atoms with Gasteiger partial charge in [-0.2, -0.15) is 0 Å². The van der Waals surface area contributed by atoms with Gasteiger partial charge in [0.1, 0.15) is 5.82 Å². The Morgan fingerprint density at radius 2 is 2.10 bits per heavy atom. The zero-order valence-corrected chi connectivity index (χ0v) is 12.9. The van der Waals surface area contributed by atoms with Gasteiger partial charge in [-0.15, -0.1) is 0 Å². The first-order valence-electron chi connectivity index (χ1n) is 5.94. The summed E-state index contributed by atoms with van der Waals surface area (Å²) >= 11 is 9.21. The van der Waals surface area contributed by atoms with Crippen LogP contribution in [0.3, 0.4) is 0 Å². The minimum atomic E-state index is -0.920. The Bertz CT molecular complexity index is 676. The van der Waals surface area contributed by atoms with Crippen molar-refractivity contribution in [2.75, 3.05) is 6.61 Å². The lowest BCUT2D eigenvalue weighted by atomic mass is 9.90. The van der Waals surface area contributed by atoms with E-state index in [-0.39, 0.29) is 21.8 Å². The summed E-state index contributed by atoms with van der Waals surface area (Å²) in [6, 6.07) is 8.42. The maximum absolute atomic E-state index is 14.0. The molecule has 21 heavy (non-hydrogen) atoms. The minimum Gasteiger partial charge on any atom is -0.395 e. The van der Waals surface area contributed by atoms with Crippen molar-refractivity contribution in [3.8, 4) is 0 Å². The molecule has 0 aliphatic heterocycles. The predicted molar refractivity (Wildman–Crippen MR) is 81.1 cm³/mol. The van der Waals surface area contributed by atoms with Gasteiger partial charge in [-0.05, 0) is 24.3 Å². The number of aliphatic hydroxyl groups is 1. The molecule has 0 aliphatic carbocycles. The predicted octanol–water partition coefficient (Wildman–Crippen LogP) is 4.27. The van der Waals surface area contributed by atoms with E-state index in [9.17, 15) is 19.6 Å². The van der Waals surface area contributed by atoms with Crippen molar-refractivity contribution in [1.82, 2.24) is 0 Å². The molecule has 0 saturated carbocycles. The number of halogens is 3. The van der Waals surface area contributed by atoms with Crippen LogP contribution in [0.25, 0.3) is 0 Å². The quantitative estimate of drug-likeness (QED) is 0.642. The number of nitro groups is 1. The number of aliphatic hydroxyl groups excluding tert-OH is 1.